The molecule has 1 atom stereocenters. The van der Waals surface area contributed by atoms with Crippen molar-refractivity contribution in [2.24, 2.45) is 0 Å². The van der Waals surface area contributed by atoms with Gasteiger partial charge in [0.05, 0.1) is 6.04 Å². The van der Waals surface area contributed by atoms with Gasteiger partial charge < -0.3 is 15.1 Å². The van der Waals surface area contributed by atoms with Crippen LogP contribution in [0.4, 0.5) is 5.82 Å². The predicted octanol–water partition coefficient (Wildman–Crippen LogP) is 2.52. The summed E-state index contributed by atoms with van der Waals surface area (Å²) in [5, 5.41) is 12.5. The topological polar surface area (TPSA) is 61.4 Å². The normalized spacial score (nSPS) is 20.4. The van der Waals surface area contributed by atoms with E-state index in [0.29, 0.717) is 23.8 Å². The van der Waals surface area contributed by atoms with Crippen LogP contribution in [0.3, 0.4) is 0 Å². The van der Waals surface area contributed by atoms with Gasteiger partial charge in [-0.3, -0.25) is 4.79 Å². The van der Waals surface area contributed by atoms with Crippen LogP contribution in [-0.4, -0.2) is 53.7 Å². The summed E-state index contributed by atoms with van der Waals surface area (Å²) >= 11 is 6.14. The van der Waals surface area contributed by atoms with Crippen molar-refractivity contribution in [3.05, 3.63) is 52.7 Å². The summed E-state index contributed by atoms with van der Waals surface area (Å²) in [4.78, 5) is 17.1. The summed E-state index contributed by atoms with van der Waals surface area (Å²) in [7, 11) is 0. The molecule has 1 aromatic carbocycles. The molecule has 1 aromatic heterocycles. The van der Waals surface area contributed by atoms with E-state index in [0.717, 1.165) is 31.0 Å². The highest BCUT2D eigenvalue weighted by atomic mass is 35.5. The van der Waals surface area contributed by atoms with E-state index in [4.69, 9.17) is 11.6 Å². The Hall–Kier alpha value is -2.18. The number of carbonyl (C=O) groups excluding carboxylic acids is 1. The van der Waals surface area contributed by atoms with Crippen LogP contribution in [0.15, 0.2) is 36.4 Å². The second kappa shape index (κ2) is 7.60. The van der Waals surface area contributed by atoms with E-state index in [-0.39, 0.29) is 11.9 Å². The Morgan fingerprint density at radius 1 is 1.12 bits per heavy atom. The fraction of sp³-hybridized carbons (Fsp3) is 0.421. The minimum absolute atomic E-state index is 0.0602. The number of nitrogens with one attached hydrogen (secondary N) is 1. The van der Waals surface area contributed by atoms with E-state index in [9.17, 15) is 4.79 Å². The number of hydrogen-bond acceptors (Lipinski definition) is 5. The van der Waals surface area contributed by atoms with Crippen LogP contribution in [0.2, 0.25) is 5.02 Å². The summed E-state index contributed by atoms with van der Waals surface area (Å²) in [5.74, 6) is 0.766. The Morgan fingerprint density at radius 3 is 2.69 bits per heavy atom. The summed E-state index contributed by atoms with van der Waals surface area (Å²) in [6.45, 7) is 4.12. The number of aromatic nitrogens is 2. The van der Waals surface area contributed by atoms with Gasteiger partial charge in [0.1, 0.15) is 0 Å². The Kier molecular flexibility index (Phi) is 5.04. The fourth-order valence-corrected chi connectivity index (χ4v) is 3.86. The van der Waals surface area contributed by atoms with Crippen molar-refractivity contribution in [3.63, 3.8) is 0 Å². The van der Waals surface area contributed by atoms with Gasteiger partial charge in [0.15, 0.2) is 11.5 Å². The lowest BCUT2D eigenvalue weighted by Gasteiger charge is -2.36. The van der Waals surface area contributed by atoms with E-state index >= 15 is 0 Å². The average Bonchev–Trinajstić information content (AvgIpc) is 3.22. The van der Waals surface area contributed by atoms with Crippen LogP contribution < -0.4 is 10.2 Å². The maximum absolute atomic E-state index is 13.1. The van der Waals surface area contributed by atoms with E-state index in [1.165, 1.54) is 12.8 Å². The zero-order valence-corrected chi connectivity index (χ0v) is 15.3. The Balaban J connectivity index is 1.55. The first-order valence-electron chi connectivity index (χ1n) is 9.08. The zero-order valence-electron chi connectivity index (χ0n) is 14.6. The SMILES string of the molecule is O=C(c1ccc(N2CCCC2)nn1)N1CCNCC1c1cccc(Cl)c1. The summed E-state index contributed by atoms with van der Waals surface area (Å²) < 4.78 is 0. The van der Waals surface area contributed by atoms with Gasteiger partial charge >= 0.3 is 0 Å². The Morgan fingerprint density at radius 2 is 1.96 bits per heavy atom. The van der Waals surface area contributed by atoms with Crippen LogP contribution in [-0.2, 0) is 0 Å². The molecule has 1 N–H and O–H groups in total. The fourth-order valence-electron chi connectivity index (χ4n) is 3.66. The summed E-state index contributed by atoms with van der Waals surface area (Å²) in [5.41, 5.74) is 1.42. The summed E-state index contributed by atoms with van der Waals surface area (Å²) in [6, 6.07) is 11.3. The lowest BCUT2D eigenvalue weighted by Crippen LogP contribution is -2.48. The molecule has 2 aliphatic rings. The van der Waals surface area contributed by atoms with Gasteiger partial charge in [0, 0.05) is 37.7 Å². The van der Waals surface area contributed by atoms with Gasteiger partial charge in [-0.05, 0) is 42.7 Å². The highest BCUT2D eigenvalue weighted by Gasteiger charge is 2.29. The highest BCUT2D eigenvalue weighted by Crippen LogP contribution is 2.26. The van der Waals surface area contributed by atoms with Gasteiger partial charge in [-0.15, -0.1) is 10.2 Å². The quantitative estimate of drug-likeness (QED) is 0.898. The van der Waals surface area contributed by atoms with E-state index in [1.54, 1.807) is 6.07 Å². The third kappa shape index (κ3) is 3.52. The number of nitrogens with zero attached hydrogens (tertiary/aromatic N) is 4. The molecule has 0 radical (unpaired) electrons. The largest absolute Gasteiger partial charge is 0.355 e. The number of halogens is 1. The predicted molar refractivity (Wildman–Crippen MR) is 102 cm³/mol. The molecule has 2 aromatic rings. The van der Waals surface area contributed by atoms with Crippen LogP contribution in [0.5, 0.6) is 0 Å². The maximum atomic E-state index is 13.1. The highest BCUT2D eigenvalue weighted by molar-refractivity contribution is 6.30. The number of piperazine rings is 1. The van der Waals surface area contributed by atoms with Gasteiger partial charge in [-0.25, -0.2) is 0 Å². The molecule has 4 rings (SSSR count). The van der Waals surface area contributed by atoms with E-state index in [2.05, 4.69) is 20.4 Å². The number of carbonyl (C=O) groups is 1. The molecule has 1 unspecified atom stereocenters. The first-order chi connectivity index (χ1) is 12.7. The molecule has 0 aliphatic carbocycles. The molecule has 1 amide bonds. The number of anilines is 1. The third-order valence-electron chi connectivity index (χ3n) is 5.04. The van der Waals surface area contributed by atoms with Crippen molar-refractivity contribution in [1.29, 1.82) is 0 Å². The number of amides is 1. The second-order valence-electron chi connectivity index (χ2n) is 6.74. The maximum Gasteiger partial charge on any atom is 0.274 e. The zero-order chi connectivity index (χ0) is 17.9. The minimum Gasteiger partial charge on any atom is -0.355 e. The molecule has 26 heavy (non-hydrogen) atoms. The van der Waals surface area contributed by atoms with Crippen molar-refractivity contribution in [1.82, 2.24) is 20.4 Å². The smallest absolute Gasteiger partial charge is 0.274 e. The minimum atomic E-state index is -0.0862. The molecule has 2 saturated heterocycles. The van der Waals surface area contributed by atoms with Crippen molar-refractivity contribution in [3.8, 4) is 0 Å². The van der Waals surface area contributed by atoms with Gasteiger partial charge in [0.2, 0.25) is 0 Å². The molecule has 0 spiro atoms. The van der Waals surface area contributed by atoms with Crippen molar-refractivity contribution < 1.29 is 4.79 Å². The van der Waals surface area contributed by atoms with Crippen LogP contribution >= 0.6 is 11.6 Å². The molecule has 0 saturated carbocycles. The summed E-state index contributed by atoms with van der Waals surface area (Å²) in [6.07, 6.45) is 2.37. The van der Waals surface area contributed by atoms with Gasteiger partial charge in [-0.1, -0.05) is 23.7 Å². The van der Waals surface area contributed by atoms with Crippen LogP contribution in [0.25, 0.3) is 0 Å². The van der Waals surface area contributed by atoms with Crippen LogP contribution in [0.1, 0.15) is 34.9 Å². The van der Waals surface area contributed by atoms with Crippen molar-refractivity contribution in [2.45, 2.75) is 18.9 Å². The number of hydrogen-bond donors (Lipinski definition) is 1. The Labute approximate surface area is 158 Å². The first kappa shape index (κ1) is 17.2. The molecular weight excluding hydrogens is 350 g/mol. The second-order valence-corrected chi connectivity index (χ2v) is 7.18. The number of rotatable bonds is 3. The molecule has 6 nitrogen and oxygen atoms in total. The standard InChI is InChI=1S/C19H22ClN5O/c20-15-5-3-4-14(12-15)17-13-21-8-11-25(17)19(26)16-6-7-18(23-22-16)24-9-1-2-10-24/h3-7,12,17,21H,1-2,8-11,13H2. The average molecular weight is 372 g/mol. The van der Waals surface area contributed by atoms with Gasteiger partial charge in [0.25, 0.3) is 5.91 Å². The molecular formula is C19H22ClN5O. The molecule has 136 valence electrons. The third-order valence-corrected chi connectivity index (χ3v) is 5.27. The van der Waals surface area contributed by atoms with E-state index in [1.807, 2.05) is 35.2 Å². The number of benzene rings is 1. The molecule has 0 bridgehead atoms. The lowest BCUT2D eigenvalue weighted by atomic mass is 10.0. The van der Waals surface area contributed by atoms with E-state index < -0.39 is 0 Å². The first-order valence-corrected chi connectivity index (χ1v) is 9.46. The molecule has 3 heterocycles. The monoisotopic (exact) mass is 371 g/mol. The van der Waals surface area contributed by atoms with Crippen molar-refractivity contribution >= 4 is 23.3 Å². The Bertz CT molecular complexity index is 776. The van der Waals surface area contributed by atoms with Crippen LogP contribution in [0, 0.1) is 0 Å². The molecule has 7 heteroatoms. The van der Waals surface area contributed by atoms with Gasteiger partial charge in [-0.2, -0.15) is 0 Å². The van der Waals surface area contributed by atoms with Crippen molar-refractivity contribution in [2.75, 3.05) is 37.6 Å². The lowest BCUT2D eigenvalue weighted by molar-refractivity contribution is 0.0627. The molecule has 2 aliphatic heterocycles. The molecule has 2 fully saturated rings.